The second-order valence-corrected chi connectivity index (χ2v) is 5.85. The number of thiophene rings is 1. The van der Waals surface area contributed by atoms with Gasteiger partial charge in [-0.3, -0.25) is 0 Å². The molecule has 0 saturated heterocycles. The van der Waals surface area contributed by atoms with Gasteiger partial charge in [0.25, 0.3) is 0 Å². The largest absolute Gasteiger partial charge is 0.438 e. The zero-order chi connectivity index (χ0) is 14.1. The molecule has 102 valence electrons. The Hall–Kier alpha value is -1.69. The van der Waals surface area contributed by atoms with Gasteiger partial charge in [-0.05, 0) is 42.3 Å². The van der Waals surface area contributed by atoms with Crippen LogP contribution in [0, 0.1) is 6.92 Å². The van der Waals surface area contributed by atoms with E-state index < -0.39 is 0 Å². The Balaban J connectivity index is 2.00. The number of aryl methyl sites for hydroxylation is 1. The van der Waals surface area contributed by atoms with Gasteiger partial charge in [0.15, 0.2) is 0 Å². The molecule has 0 aliphatic heterocycles. The summed E-state index contributed by atoms with van der Waals surface area (Å²) in [7, 11) is 0. The Morgan fingerprint density at radius 3 is 2.70 bits per heavy atom. The van der Waals surface area contributed by atoms with Gasteiger partial charge in [-0.1, -0.05) is 12.1 Å². The molecule has 1 N–H and O–H groups in total. The van der Waals surface area contributed by atoms with Crippen LogP contribution in [0.3, 0.4) is 0 Å². The molecule has 0 radical (unpaired) electrons. The molecule has 0 atom stereocenters. The number of halogens is 1. The van der Waals surface area contributed by atoms with Gasteiger partial charge in [-0.25, -0.2) is 4.98 Å². The number of aliphatic hydroxyl groups is 1. The van der Waals surface area contributed by atoms with Crippen LogP contribution in [0.2, 0.25) is 5.28 Å². The Labute approximate surface area is 124 Å². The number of nitrogens with zero attached hydrogens (tertiary/aromatic N) is 2. The summed E-state index contributed by atoms with van der Waals surface area (Å²) in [5.74, 6) is 1.09. The van der Waals surface area contributed by atoms with E-state index in [0.717, 1.165) is 20.7 Å². The fourth-order valence-electron chi connectivity index (χ4n) is 1.84. The van der Waals surface area contributed by atoms with Crippen molar-refractivity contribution in [2.24, 2.45) is 0 Å². The number of aromatic nitrogens is 2. The summed E-state index contributed by atoms with van der Waals surface area (Å²) in [6, 6.07) is 9.15. The van der Waals surface area contributed by atoms with Gasteiger partial charge < -0.3 is 9.84 Å². The first kappa shape index (κ1) is 13.3. The Bertz CT molecular complexity index is 756. The Morgan fingerprint density at radius 2 is 2.00 bits per heavy atom. The van der Waals surface area contributed by atoms with Crippen molar-refractivity contribution < 1.29 is 9.84 Å². The van der Waals surface area contributed by atoms with E-state index in [-0.39, 0.29) is 11.9 Å². The van der Waals surface area contributed by atoms with E-state index in [4.69, 9.17) is 21.4 Å². The van der Waals surface area contributed by atoms with Crippen LogP contribution in [0.25, 0.3) is 10.2 Å². The summed E-state index contributed by atoms with van der Waals surface area (Å²) in [6.07, 6.45) is 0. The average molecular weight is 307 g/mol. The second-order valence-electron chi connectivity index (χ2n) is 4.28. The summed E-state index contributed by atoms with van der Waals surface area (Å²) >= 11 is 7.47. The highest BCUT2D eigenvalue weighted by molar-refractivity contribution is 7.18. The molecule has 1 aromatic carbocycles. The Morgan fingerprint density at radius 1 is 1.25 bits per heavy atom. The van der Waals surface area contributed by atoms with Gasteiger partial charge in [-0.2, -0.15) is 4.98 Å². The lowest BCUT2D eigenvalue weighted by Crippen LogP contribution is -1.91. The molecule has 3 aromatic rings. The quantitative estimate of drug-likeness (QED) is 0.745. The third-order valence-electron chi connectivity index (χ3n) is 2.77. The van der Waals surface area contributed by atoms with Crippen molar-refractivity contribution >= 4 is 33.2 Å². The standard InChI is InChI=1S/C14H11ClN2O2S/c1-8-6-11-12(16-14(15)17-13(11)20-8)19-10-4-2-9(7-18)3-5-10/h2-6,18H,7H2,1H3. The maximum absolute atomic E-state index is 9.02. The highest BCUT2D eigenvalue weighted by Crippen LogP contribution is 2.33. The molecule has 0 fully saturated rings. The number of fused-ring (bicyclic) bond motifs is 1. The lowest BCUT2D eigenvalue weighted by Gasteiger charge is -2.06. The molecule has 0 unspecified atom stereocenters. The summed E-state index contributed by atoms with van der Waals surface area (Å²) in [5.41, 5.74) is 0.828. The van der Waals surface area contributed by atoms with Gasteiger partial charge in [0.2, 0.25) is 11.2 Å². The van der Waals surface area contributed by atoms with Crippen LogP contribution in [-0.4, -0.2) is 15.1 Å². The minimum Gasteiger partial charge on any atom is -0.438 e. The summed E-state index contributed by atoms with van der Waals surface area (Å²) < 4.78 is 5.77. The minimum atomic E-state index is 0.00753. The van der Waals surface area contributed by atoms with Gasteiger partial charge in [0.1, 0.15) is 10.6 Å². The summed E-state index contributed by atoms with van der Waals surface area (Å²) in [5, 5.41) is 10.0. The molecule has 20 heavy (non-hydrogen) atoms. The van der Waals surface area contributed by atoms with Gasteiger partial charge in [0.05, 0.1) is 12.0 Å². The molecule has 6 heteroatoms. The molecule has 0 aliphatic carbocycles. The highest BCUT2D eigenvalue weighted by Gasteiger charge is 2.11. The SMILES string of the molecule is Cc1cc2c(Oc3ccc(CO)cc3)nc(Cl)nc2s1. The molecule has 2 aromatic heterocycles. The van der Waals surface area contributed by atoms with Crippen LogP contribution < -0.4 is 4.74 Å². The second kappa shape index (κ2) is 5.36. The molecule has 4 nitrogen and oxygen atoms in total. The van der Waals surface area contributed by atoms with E-state index in [1.165, 1.54) is 0 Å². The van der Waals surface area contributed by atoms with Crippen molar-refractivity contribution in [3.63, 3.8) is 0 Å². The molecular formula is C14H11ClN2O2S. The Kier molecular flexibility index (Phi) is 3.56. The van der Waals surface area contributed by atoms with Gasteiger partial charge in [-0.15, -0.1) is 11.3 Å². The number of hydrogen-bond donors (Lipinski definition) is 1. The smallest absolute Gasteiger partial charge is 0.232 e. The normalized spacial score (nSPS) is 10.9. The van der Waals surface area contributed by atoms with Crippen LogP contribution in [0.4, 0.5) is 0 Å². The van der Waals surface area contributed by atoms with Crippen molar-refractivity contribution in [2.45, 2.75) is 13.5 Å². The molecular weight excluding hydrogens is 296 g/mol. The highest BCUT2D eigenvalue weighted by atomic mass is 35.5. The van der Waals surface area contributed by atoms with Crippen LogP contribution >= 0.6 is 22.9 Å². The van der Waals surface area contributed by atoms with Crippen LogP contribution in [-0.2, 0) is 6.61 Å². The van der Waals surface area contributed by atoms with Crippen LogP contribution in [0.5, 0.6) is 11.6 Å². The predicted molar refractivity (Wildman–Crippen MR) is 79.6 cm³/mol. The zero-order valence-electron chi connectivity index (χ0n) is 10.6. The first-order valence-electron chi connectivity index (χ1n) is 5.97. The monoisotopic (exact) mass is 306 g/mol. The van der Waals surface area contributed by atoms with E-state index >= 15 is 0 Å². The third-order valence-corrected chi connectivity index (χ3v) is 3.89. The van der Waals surface area contributed by atoms with E-state index in [9.17, 15) is 0 Å². The topological polar surface area (TPSA) is 55.2 Å². The van der Waals surface area contributed by atoms with Crippen LogP contribution in [0.15, 0.2) is 30.3 Å². The lowest BCUT2D eigenvalue weighted by atomic mass is 10.2. The maximum Gasteiger partial charge on any atom is 0.232 e. The van der Waals surface area contributed by atoms with Crippen molar-refractivity contribution in [3.05, 3.63) is 46.1 Å². The molecule has 0 spiro atoms. The van der Waals surface area contributed by atoms with E-state index in [1.807, 2.05) is 13.0 Å². The molecule has 0 saturated carbocycles. The molecule has 0 bridgehead atoms. The molecule has 0 aliphatic rings. The first-order valence-corrected chi connectivity index (χ1v) is 7.16. The van der Waals surface area contributed by atoms with E-state index in [0.29, 0.717) is 11.6 Å². The molecule has 0 amide bonds. The van der Waals surface area contributed by atoms with Crippen molar-refractivity contribution in [1.82, 2.24) is 9.97 Å². The number of aliphatic hydroxyl groups excluding tert-OH is 1. The average Bonchev–Trinajstić information content (AvgIpc) is 2.80. The molecule has 2 heterocycles. The minimum absolute atomic E-state index is 0.00753. The fourth-order valence-corrected chi connectivity index (χ4v) is 2.92. The van der Waals surface area contributed by atoms with E-state index in [1.54, 1.807) is 35.6 Å². The predicted octanol–water partition coefficient (Wildman–Crippen LogP) is 3.94. The van der Waals surface area contributed by atoms with Crippen molar-refractivity contribution in [3.8, 4) is 11.6 Å². The van der Waals surface area contributed by atoms with Gasteiger partial charge >= 0.3 is 0 Å². The van der Waals surface area contributed by atoms with Crippen LogP contribution in [0.1, 0.15) is 10.4 Å². The van der Waals surface area contributed by atoms with E-state index in [2.05, 4.69) is 9.97 Å². The number of ether oxygens (including phenoxy) is 1. The molecule has 3 rings (SSSR count). The fraction of sp³-hybridized carbons (Fsp3) is 0.143. The van der Waals surface area contributed by atoms with Crippen molar-refractivity contribution in [1.29, 1.82) is 0 Å². The lowest BCUT2D eigenvalue weighted by molar-refractivity contribution is 0.281. The number of rotatable bonds is 3. The maximum atomic E-state index is 9.02. The first-order chi connectivity index (χ1) is 9.65. The summed E-state index contributed by atoms with van der Waals surface area (Å²) in [4.78, 5) is 10.3. The third kappa shape index (κ3) is 2.60. The number of hydrogen-bond acceptors (Lipinski definition) is 5. The number of benzene rings is 1. The van der Waals surface area contributed by atoms with Crippen molar-refractivity contribution in [2.75, 3.05) is 0 Å². The van der Waals surface area contributed by atoms with Gasteiger partial charge in [0, 0.05) is 4.88 Å². The zero-order valence-corrected chi connectivity index (χ0v) is 12.2. The summed E-state index contributed by atoms with van der Waals surface area (Å²) in [6.45, 7) is 2.01.